The van der Waals surface area contributed by atoms with Gasteiger partial charge in [-0.05, 0) is 37.6 Å². The number of nitrogens with zero attached hydrogens (tertiary/aromatic N) is 3. The van der Waals surface area contributed by atoms with E-state index in [4.69, 9.17) is 10.5 Å². The van der Waals surface area contributed by atoms with Gasteiger partial charge >= 0.3 is 6.18 Å². The van der Waals surface area contributed by atoms with Gasteiger partial charge in [-0.25, -0.2) is 32.3 Å². The molecular weight excluding hydrogens is 545 g/mol. The van der Waals surface area contributed by atoms with Crippen LogP contribution >= 0.6 is 0 Å². The van der Waals surface area contributed by atoms with E-state index in [0.717, 1.165) is 19.4 Å². The molecule has 3 aromatic rings. The predicted octanol–water partition coefficient (Wildman–Crippen LogP) is 4.68. The third-order valence-corrected chi connectivity index (χ3v) is 5.82. The first kappa shape index (κ1) is 29.0. The lowest BCUT2D eigenvalue weighted by atomic mass is 10.1. The summed E-state index contributed by atoms with van der Waals surface area (Å²) in [6, 6.07) is 4.75. The molecule has 16 heteroatoms. The summed E-state index contributed by atoms with van der Waals surface area (Å²) in [5.41, 5.74) is 4.58. The lowest BCUT2D eigenvalue weighted by molar-refractivity contribution is -0.105. The van der Waals surface area contributed by atoms with E-state index in [9.17, 15) is 34.9 Å². The standard InChI is InChI=1S/C17H11F6N5O2S.C5H10FN/c18-9-6-11(12(19)13(20)14(9)28-31(29)7-17(21,22)23)30-15-8(2-1-4-25-15)10-3-5-26-16(24)27-10;6-5-2-1-3-7-4-5/h1-6,28H,7H2,(H2,24,26,27);5,7H,1-4H2. The normalized spacial score (nSPS) is 16.2. The fraction of sp³-hybridized carbons (Fsp3) is 0.318. The molecule has 0 saturated carbocycles. The van der Waals surface area contributed by atoms with Crippen LogP contribution < -0.4 is 20.5 Å². The molecule has 0 spiro atoms. The summed E-state index contributed by atoms with van der Waals surface area (Å²) in [6.07, 6.45) is -1.10. The molecule has 1 saturated heterocycles. The van der Waals surface area contributed by atoms with E-state index in [1.165, 1.54) is 35.3 Å². The van der Waals surface area contributed by atoms with Gasteiger partial charge in [0.1, 0.15) is 28.6 Å². The highest BCUT2D eigenvalue weighted by molar-refractivity contribution is 7.86. The zero-order valence-corrected chi connectivity index (χ0v) is 20.2. The first-order valence-corrected chi connectivity index (χ1v) is 12.2. The van der Waals surface area contributed by atoms with Crippen LogP contribution in [0.25, 0.3) is 11.3 Å². The van der Waals surface area contributed by atoms with Crippen molar-refractivity contribution in [3.63, 3.8) is 0 Å². The van der Waals surface area contributed by atoms with E-state index in [1.54, 1.807) is 0 Å². The molecule has 2 atom stereocenters. The number of ether oxygens (including phenoxy) is 1. The number of benzene rings is 1. The second-order valence-corrected chi connectivity index (χ2v) is 8.95. The molecule has 2 unspecified atom stereocenters. The highest BCUT2D eigenvalue weighted by Crippen LogP contribution is 2.35. The number of aromatic nitrogens is 3. The van der Waals surface area contributed by atoms with Crippen molar-refractivity contribution in [1.29, 1.82) is 0 Å². The Kier molecular flexibility index (Phi) is 9.79. The van der Waals surface area contributed by atoms with Crippen LogP contribution in [-0.2, 0) is 11.0 Å². The Balaban J connectivity index is 0.000000494. The summed E-state index contributed by atoms with van der Waals surface area (Å²) in [4.78, 5) is 11.5. The number of pyridine rings is 1. The van der Waals surface area contributed by atoms with Gasteiger partial charge in [-0.15, -0.1) is 0 Å². The minimum atomic E-state index is -4.87. The number of nitrogens with one attached hydrogen (secondary N) is 2. The Morgan fingerprint density at radius 1 is 1.16 bits per heavy atom. The highest BCUT2D eigenvalue weighted by atomic mass is 32.2. The number of rotatable bonds is 6. The number of anilines is 2. The monoisotopic (exact) mass is 566 g/mol. The molecule has 0 radical (unpaired) electrons. The summed E-state index contributed by atoms with van der Waals surface area (Å²) >= 11 is 0. The van der Waals surface area contributed by atoms with Crippen LogP contribution in [0.2, 0.25) is 0 Å². The maximum absolute atomic E-state index is 14.4. The second-order valence-electron chi connectivity index (χ2n) is 7.77. The number of halogens is 7. The van der Waals surface area contributed by atoms with Gasteiger partial charge in [0.05, 0.1) is 11.3 Å². The Morgan fingerprint density at radius 2 is 1.92 bits per heavy atom. The van der Waals surface area contributed by atoms with Gasteiger partial charge < -0.3 is 15.8 Å². The second kappa shape index (κ2) is 12.8. The fourth-order valence-electron chi connectivity index (χ4n) is 3.14. The fourth-order valence-corrected chi connectivity index (χ4v) is 3.93. The Hall–Kier alpha value is -3.53. The molecule has 3 heterocycles. The zero-order chi connectivity index (χ0) is 27.9. The zero-order valence-electron chi connectivity index (χ0n) is 19.4. The van der Waals surface area contributed by atoms with Crippen LogP contribution in [0.4, 0.5) is 42.4 Å². The topological polar surface area (TPSA) is 115 Å². The van der Waals surface area contributed by atoms with E-state index in [2.05, 4.69) is 20.3 Å². The molecule has 8 nitrogen and oxygen atoms in total. The molecule has 1 aliphatic heterocycles. The van der Waals surface area contributed by atoms with Crippen LogP contribution in [0.15, 0.2) is 36.7 Å². The summed E-state index contributed by atoms with van der Waals surface area (Å²) in [5.74, 6) is -8.43. The average molecular weight is 567 g/mol. The predicted molar refractivity (Wildman–Crippen MR) is 126 cm³/mol. The quantitative estimate of drug-likeness (QED) is 0.293. The van der Waals surface area contributed by atoms with Crippen molar-refractivity contribution in [2.24, 2.45) is 0 Å². The largest absolute Gasteiger partial charge is 0.435 e. The minimum Gasteiger partial charge on any atom is -0.435 e. The molecule has 0 aliphatic carbocycles. The van der Waals surface area contributed by atoms with Crippen LogP contribution in [-0.4, -0.2) is 50.4 Å². The van der Waals surface area contributed by atoms with Crippen LogP contribution in [0.3, 0.4) is 0 Å². The molecule has 4 N–H and O–H groups in total. The van der Waals surface area contributed by atoms with Crippen molar-refractivity contribution >= 4 is 22.6 Å². The van der Waals surface area contributed by atoms with Gasteiger partial charge in [-0.3, -0.25) is 4.72 Å². The molecule has 0 amide bonds. The van der Waals surface area contributed by atoms with Crippen LogP contribution in [0, 0.1) is 17.5 Å². The Bertz CT molecular complexity index is 1280. The van der Waals surface area contributed by atoms with Crippen LogP contribution in [0.5, 0.6) is 11.6 Å². The third kappa shape index (κ3) is 8.24. The molecule has 2 aromatic heterocycles. The lowest BCUT2D eigenvalue weighted by Crippen LogP contribution is -2.30. The number of hydrogen-bond acceptors (Lipinski definition) is 7. The van der Waals surface area contributed by atoms with Crippen molar-refractivity contribution in [3.8, 4) is 22.9 Å². The number of hydrogen-bond donors (Lipinski definition) is 3. The van der Waals surface area contributed by atoms with Gasteiger partial charge in [0.2, 0.25) is 17.6 Å². The SMILES string of the molecule is FC1CCCNC1.Nc1nccc(-c2cccnc2Oc2cc(F)c(NS(=O)CC(F)(F)F)c(F)c2F)n1. The molecule has 38 heavy (non-hydrogen) atoms. The molecule has 4 rings (SSSR count). The van der Waals surface area contributed by atoms with Crippen molar-refractivity contribution in [1.82, 2.24) is 20.3 Å². The van der Waals surface area contributed by atoms with Gasteiger partial charge in [-0.1, -0.05) is 0 Å². The van der Waals surface area contributed by atoms with Gasteiger partial charge in [-0.2, -0.15) is 17.6 Å². The smallest absolute Gasteiger partial charge is 0.402 e. The van der Waals surface area contributed by atoms with Crippen molar-refractivity contribution in [2.45, 2.75) is 25.2 Å². The van der Waals surface area contributed by atoms with Crippen molar-refractivity contribution < 1.29 is 39.7 Å². The van der Waals surface area contributed by atoms with Gasteiger partial charge in [0, 0.05) is 25.0 Å². The van der Waals surface area contributed by atoms with Crippen molar-refractivity contribution in [2.75, 3.05) is 29.3 Å². The van der Waals surface area contributed by atoms with Gasteiger partial charge in [0.15, 0.2) is 17.4 Å². The van der Waals surface area contributed by atoms with E-state index >= 15 is 0 Å². The summed E-state index contributed by atoms with van der Waals surface area (Å²) in [6.45, 7) is 1.57. The maximum atomic E-state index is 14.4. The summed E-state index contributed by atoms with van der Waals surface area (Å²) in [7, 11) is -2.95. The molecule has 206 valence electrons. The molecule has 1 fully saturated rings. The van der Waals surface area contributed by atoms with Crippen molar-refractivity contribution in [3.05, 3.63) is 54.1 Å². The number of nitrogen functional groups attached to an aromatic ring is 1. The molecule has 1 aromatic carbocycles. The average Bonchev–Trinajstić information content (AvgIpc) is 2.85. The van der Waals surface area contributed by atoms with E-state index in [1.807, 2.05) is 0 Å². The third-order valence-electron chi connectivity index (χ3n) is 4.80. The number of nitrogens with two attached hydrogens (primary N) is 1. The molecular formula is C22H21F7N6O2S. The summed E-state index contributed by atoms with van der Waals surface area (Å²) < 4.78 is 110. The van der Waals surface area contributed by atoms with Gasteiger partial charge in [0.25, 0.3) is 0 Å². The van der Waals surface area contributed by atoms with E-state index in [0.29, 0.717) is 12.6 Å². The van der Waals surface area contributed by atoms with Crippen LogP contribution in [0.1, 0.15) is 12.8 Å². The lowest BCUT2D eigenvalue weighted by Gasteiger charge is -2.14. The van der Waals surface area contributed by atoms with E-state index < -0.39 is 58.0 Å². The number of piperidine rings is 1. The Labute approximate surface area is 214 Å². The minimum absolute atomic E-state index is 0.0853. The summed E-state index contributed by atoms with van der Waals surface area (Å²) in [5, 5.41) is 2.96. The molecule has 0 bridgehead atoms. The first-order valence-electron chi connectivity index (χ1n) is 10.9. The molecule has 1 aliphatic rings. The maximum Gasteiger partial charge on any atom is 0.402 e. The first-order chi connectivity index (χ1) is 17.9. The van der Waals surface area contributed by atoms with E-state index in [-0.39, 0.29) is 23.1 Å². The Morgan fingerprint density at radius 3 is 2.53 bits per heavy atom. The highest BCUT2D eigenvalue weighted by Gasteiger charge is 2.32. The number of alkyl halides is 4.